The Hall–Kier alpha value is -1.34. The van der Waals surface area contributed by atoms with Gasteiger partial charge in [0.1, 0.15) is 0 Å². The molecule has 4 heteroatoms. The minimum atomic E-state index is -0.960. The van der Waals surface area contributed by atoms with Gasteiger partial charge in [-0.05, 0) is 26.7 Å². The molecule has 0 atom stereocenters. The number of nitrogens with zero attached hydrogens (tertiary/aromatic N) is 1. The van der Waals surface area contributed by atoms with E-state index in [0.717, 1.165) is 0 Å². The van der Waals surface area contributed by atoms with E-state index >= 15 is 0 Å². The van der Waals surface area contributed by atoms with Gasteiger partial charge in [-0.3, -0.25) is 4.79 Å². The fourth-order valence-corrected chi connectivity index (χ4v) is 0.701. The second-order valence-corrected chi connectivity index (χ2v) is 4.98. The highest BCUT2D eigenvalue weighted by atomic mass is 16.4. The number of allylic oxidation sites excluding steroid dienone is 1. The molecule has 92 valence electrons. The van der Waals surface area contributed by atoms with Crippen molar-refractivity contribution in [3.63, 3.8) is 0 Å². The van der Waals surface area contributed by atoms with Gasteiger partial charge in [0.05, 0.1) is 12.5 Å². The van der Waals surface area contributed by atoms with E-state index in [-0.39, 0.29) is 17.9 Å². The van der Waals surface area contributed by atoms with Crippen molar-refractivity contribution in [2.75, 3.05) is 0 Å². The lowest BCUT2D eigenvalue weighted by Gasteiger charge is -2.06. The molecule has 0 aromatic carbocycles. The molecular weight excluding hydrogens is 204 g/mol. The van der Waals surface area contributed by atoms with Crippen LogP contribution < -0.4 is 5.73 Å². The summed E-state index contributed by atoms with van der Waals surface area (Å²) in [5, 5.41) is 16.8. The van der Waals surface area contributed by atoms with Crippen LogP contribution in [0.3, 0.4) is 0 Å². The molecule has 0 bridgehead atoms. The van der Waals surface area contributed by atoms with Crippen LogP contribution in [-0.4, -0.2) is 16.6 Å². The zero-order chi connectivity index (χ0) is 13.4. The van der Waals surface area contributed by atoms with E-state index in [2.05, 4.69) is 0 Å². The van der Waals surface area contributed by atoms with Crippen molar-refractivity contribution >= 4 is 5.97 Å². The Morgan fingerprint density at radius 2 is 1.88 bits per heavy atom. The standard InChI is InChI=1S/C8H11NO2.C4H11N/c1-6(2)3-7(5-9)4-8(10)11;1-4(2,3)5/h3,6H,4H2,1-2H3,(H,10,11);5H2,1-3H3/b7-3-;. The maximum atomic E-state index is 10.2. The minimum Gasteiger partial charge on any atom is -0.481 e. The van der Waals surface area contributed by atoms with E-state index in [1.165, 1.54) is 0 Å². The second-order valence-electron chi connectivity index (χ2n) is 4.98. The van der Waals surface area contributed by atoms with Crippen LogP contribution in [0.1, 0.15) is 41.0 Å². The second kappa shape index (κ2) is 7.89. The predicted octanol–water partition coefficient (Wildman–Crippen LogP) is 2.31. The molecule has 0 saturated heterocycles. The first-order chi connectivity index (χ1) is 7.06. The lowest BCUT2D eigenvalue weighted by Crippen LogP contribution is -2.26. The Balaban J connectivity index is 0. The molecule has 0 saturated carbocycles. The van der Waals surface area contributed by atoms with Crippen LogP contribution in [0.2, 0.25) is 0 Å². The van der Waals surface area contributed by atoms with E-state index < -0.39 is 5.97 Å². The number of aliphatic carboxylic acids is 1. The normalized spacial score (nSPS) is 11.5. The van der Waals surface area contributed by atoms with Crippen molar-refractivity contribution in [1.82, 2.24) is 0 Å². The monoisotopic (exact) mass is 226 g/mol. The molecule has 0 aliphatic rings. The molecule has 3 N–H and O–H groups in total. The molecule has 0 aliphatic carbocycles. The molecule has 0 spiro atoms. The highest BCUT2D eigenvalue weighted by Gasteiger charge is 2.02. The van der Waals surface area contributed by atoms with Gasteiger partial charge in [-0.1, -0.05) is 19.9 Å². The van der Waals surface area contributed by atoms with E-state index in [1.54, 1.807) is 6.08 Å². The summed E-state index contributed by atoms with van der Waals surface area (Å²) >= 11 is 0. The summed E-state index contributed by atoms with van der Waals surface area (Å²) in [6.45, 7) is 9.70. The largest absolute Gasteiger partial charge is 0.481 e. The smallest absolute Gasteiger partial charge is 0.308 e. The molecule has 0 rings (SSSR count). The maximum Gasteiger partial charge on any atom is 0.308 e. The van der Waals surface area contributed by atoms with Gasteiger partial charge in [0, 0.05) is 11.1 Å². The fourth-order valence-electron chi connectivity index (χ4n) is 0.701. The first kappa shape index (κ1) is 17.1. The average molecular weight is 226 g/mol. The van der Waals surface area contributed by atoms with Gasteiger partial charge in [0.2, 0.25) is 0 Å². The summed E-state index contributed by atoms with van der Waals surface area (Å²) in [6, 6.07) is 1.84. The van der Waals surface area contributed by atoms with Gasteiger partial charge in [0.15, 0.2) is 0 Å². The van der Waals surface area contributed by atoms with Gasteiger partial charge in [-0.15, -0.1) is 0 Å². The number of hydrogen-bond donors (Lipinski definition) is 2. The van der Waals surface area contributed by atoms with Crippen LogP contribution in [0.25, 0.3) is 0 Å². The first-order valence-corrected chi connectivity index (χ1v) is 5.17. The van der Waals surface area contributed by atoms with Crippen molar-refractivity contribution in [1.29, 1.82) is 5.26 Å². The number of nitrogens with two attached hydrogens (primary N) is 1. The fraction of sp³-hybridized carbons (Fsp3) is 0.667. The number of carboxylic acid groups (broad SMARTS) is 1. The first-order valence-electron chi connectivity index (χ1n) is 5.17. The molecule has 0 unspecified atom stereocenters. The van der Waals surface area contributed by atoms with Crippen LogP contribution in [-0.2, 0) is 4.79 Å². The van der Waals surface area contributed by atoms with Crippen molar-refractivity contribution in [2.24, 2.45) is 11.7 Å². The number of hydrogen-bond acceptors (Lipinski definition) is 3. The Bertz CT molecular complexity index is 274. The van der Waals surface area contributed by atoms with Crippen molar-refractivity contribution < 1.29 is 9.90 Å². The third-order valence-corrected chi connectivity index (χ3v) is 1.02. The SMILES string of the molecule is CC(C)(C)N.CC(C)/C=C(\C#N)CC(=O)O. The number of carboxylic acids is 1. The number of carbonyl (C=O) groups is 1. The third-order valence-electron chi connectivity index (χ3n) is 1.02. The molecule has 0 amide bonds. The summed E-state index contributed by atoms with van der Waals surface area (Å²) in [7, 11) is 0. The van der Waals surface area contributed by atoms with Crippen LogP contribution in [0.15, 0.2) is 11.6 Å². The van der Waals surface area contributed by atoms with Gasteiger partial charge < -0.3 is 10.8 Å². The Morgan fingerprint density at radius 1 is 1.50 bits per heavy atom. The molecule has 0 heterocycles. The molecule has 0 aromatic heterocycles. The van der Waals surface area contributed by atoms with E-state index in [1.807, 2.05) is 40.7 Å². The van der Waals surface area contributed by atoms with Crippen LogP contribution in [0.5, 0.6) is 0 Å². The average Bonchev–Trinajstić information content (AvgIpc) is 1.97. The summed E-state index contributed by atoms with van der Waals surface area (Å²) in [6.07, 6.45) is 1.49. The maximum absolute atomic E-state index is 10.2. The van der Waals surface area contributed by atoms with Crippen molar-refractivity contribution in [3.05, 3.63) is 11.6 Å². The highest BCUT2D eigenvalue weighted by Crippen LogP contribution is 2.04. The topological polar surface area (TPSA) is 87.1 Å². The summed E-state index contributed by atoms with van der Waals surface area (Å²) < 4.78 is 0. The lowest BCUT2D eigenvalue weighted by atomic mass is 10.1. The molecule has 0 radical (unpaired) electrons. The molecule has 4 nitrogen and oxygen atoms in total. The van der Waals surface area contributed by atoms with Crippen LogP contribution in [0, 0.1) is 17.2 Å². The highest BCUT2D eigenvalue weighted by molar-refractivity contribution is 5.71. The van der Waals surface area contributed by atoms with Gasteiger partial charge in [-0.25, -0.2) is 0 Å². The molecule has 0 aromatic rings. The quantitative estimate of drug-likeness (QED) is 0.723. The van der Waals surface area contributed by atoms with E-state index in [0.29, 0.717) is 5.57 Å². The van der Waals surface area contributed by atoms with Crippen LogP contribution in [0.4, 0.5) is 0 Å². The predicted molar refractivity (Wildman–Crippen MR) is 64.7 cm³/mol. The Morgan fingerprint density at radius 3 is 2.06 bits per heavy atom. The minimum absolute atomic E-state index is 0. The molecule has 0 fully saturated rings. The van der Waals surface area contributed by atoms with E-state index in [9.17, 15) is 4.79 Å². The number of rotatable bonds is 3. The van der Waals surface area contributed by atoms with Crippen molar-refractivity contribution in [3.8, 4) is 6.07 Å². The zero-order valence-corrected chi connectivity index (χ0v) is 10.7. The van der Waals surface area contributed by atoms with Gasteiger partial charge in [0.25, 0.3) is 0 Å². The number of nitriles is 1. The molecule has 16 heavy (non-hydrogen) atoms. The molecular formula is C12H22N2O2. The Labute approximate surface area is 97.8 Å². The van der Waals surface area contributed by atoms with Gasteiger partial charge in [-0.2, -0.15) is 5.26 Å². The summed E-state index contributed by atoms with van der Waals surface area (Å²) in [5.41, 5.74) is 5.68. The summed E-state index contributed by atoms with van der Waals surface area (Å²) in [5.74, 6) is -0.734. The summed E-state index contributed by atoms with van der Waals surface area (Å²) in [4.78, 5) is 10.2. The Kier molecular flexibility index (Phi) is 8.41. The van der Waals surface area contributed by atoms with Gasteiger partial charge >= 0.3 is 5.97 Å². The third kappa shape index (κ3) is 23.0. The van der Waals surface area contributed by atoms with Crippen molar-refractivity contribution in [2.45, 2.75) is 46.6 Å². The van der Waals surface area contributed by atoms with E-state index in [4.69, 9.17) is 16.1 Å². The lowest BCUT2D eigenvalue weighted by molar-refractivity contribution is -0.136. The molecule has 0 aliphatic heterocycles. The zero-order valence-electron chi connectivity index (χ0n) is 10.7. The van der Waals surface area contributed by atoms with Crippen LogP contribution >= 0.6 is 0 Å².